The summed E-state index contributed by atoms with van der Waals surface area (Å²) in [6.07, 6.45) is 0. The molecule has 0 unspecified atom stereocenters. The normalized spacial score (nSPS) is 10.4. The molecule has 0 aliphatic heterocycles. The predicted octanol–water partition coefficient (Wildman–Crippen LogP) is 4.92. The van der Waals surface area contributed by atoms with Crippen LogP contribution in [0, 0.1) is 13.8 Å². The molecule has 2 nitrogen and oxygen atoms in total. The van der Waals surface area contributed by atoms with E-state index in [1.807, 2.05) is 19.2 Å². The lowest BCUT2D eigenvalue weighted by Gasteiger charge is -2.06. The Kier molecular flexibility index (Phi) is 3.95. The van der Waals surface area contributed by atoms with Crippen LogP contribution < -0.4 is 5.32 Å². The number of thiophene rings is 1. The number of anilines is 1. The molecular weight excluding hydrogens is 289 g/mol. The highest BCUT2D eigenvalue weighted by Gasteiger charge is 2.13. The van der Waals surface area contributed by atoms with Crippen LogP contribution in [-0.2, 0) is 0 Å². The summed E-state index contributed by atoms with van der Waals surface area (Å²) in [6.45, 7) is 3.93. The topological polar surface area (TPSA) is 29.1 Å². The summed E-state index contributed by atoms with van der Waals surface area (Å²) >= 11 is 13.3. The number of rotatable bonds is 2. The van der Waals surface area contributed by atoms with Gasteiger partial charge < -0.3 is 5.32 Å². The Hall–Kier alpha value is -1.03. The molecule has 18 heavy (non-hydrogen) atoms. The average Bonchev–Trinajstić information content (AvgIpc) is 2.58. The number of hydrogen-bond acceptors (Lipinski definition) is 2. The van der Waals surface area contributed by atoms with Gasteiger partial charge in [-0.2, -0.15) is 0 Å². The molecule has 1 heterocycles. The van der Waals surface area contributed by atoms with Crippen molar-refractivity contribution < 1.29 is 4.79 Å². The Bertz CT molecular complexity index is 587. The Morgan fingerprint density at radius 1 is 1.17 bits per heavy atom. The van der Waals surface area contributed by atoms with E-state index in [4.69, 9.17) is 23.2 Å². The van der Waals surface area contributed by atoms with E-state index in [1.165, 1.54) is 0 Å². The third-order valence-electron chi connectivity index (χ3n) is 2.65. The van der Waals surface area contributed by atoms with Gasteiger partial charge in [0.05, 0.1) is 5.56 Å². The molecule has 1 aromatic carbocycles. The molecule has 1 amide bonds. The van der Waals surface area contributed by atoms with Gasteiger partial charge >= 0.3 is 0 Å². The van der Waals surface area contributed by atoms with Crippen LogP contribution in [0.25, 0.3) is 0 Å². The predicted molar refractivity (Wildman–Crippen MR) is 78.2 cm³/mol. The summed E-state index contributed by atoms with van der Waals surface area (Å²) < 4.78 is 0. The van der Waals surface area contributed by atoms with Crippen molar-refractivity contribution in [2.24, 2.45) is 0 Å². The molecule has 0 atom stereocenters. The smallest absolute Gasteiger partial charge is 0.256 e. The second-order valence-corrected chi connectivity index (χ2v) is 5.90. The summed E-state index contributed by atoms with van der Waals surface area (Å²) in [5.74, 6) is -0.143. The first-order chi connectivity index (χ1) is 8.47. The molecule has 0 saturated carbocycles. The maximum absolute atomic E-state index is 12.1. The van der Waals surface area contributed by atoms with Gasteiger partial charge in [0.25, 0.3) is 5.91 Å². The molecule has 0 fully saturated rings. The third kappa shape index (κ3) is 2.86. The molecule has 5 heteroatoms. The molecule has 1 aromatic heterocycles. The highest BCUT2D eigenvalue weighted by Crippen LogP contribution is 2.25. The summed E-state index contributed by atoms with van der Waals surface area (Å²) in [5, 5.41) is 5.64. The molecular formula is C13H11Cl2NOS. The van der Waals surface area contributed by atoms with Gasteiger partial charge in [0, 0.05) is 26.0 Å². The number of carbonyl (C=O) groups is 1. The number of hydrogen-bond donors (Lipinski definition) is 1. The molecule has 0 aliphatic rings. The third-order valence-corrected chi connectivity index (χ3v) is 4.10. The zero-order chi connectivity index (χ0) is 13.3. The van der Waals surface area contributed by atoms with Crippen molar-refractivity contribution in [1.82, 2.24) is 0 Å². The van der Waals surface area contributed by atoms with Gasteiger partial charge in [-0.25, -0.2) is 0 Å². The van der Waals surface area contributed by atoms with E-state index in [0.29, 0.717) is 21.3 Å². The lowest BCUT2D eigenvalue weighted by Crippen LogP contribution is -2.12. The zero-order valence-corrected chi connectivity index (χ0v) is 12.2. The van der Waals surface area contributed by atoms with Gasteiger partial charge in [-0.3, -0.25) is 4.79 Å². The second-order valence-electron chi connectivity index (χ2n) is 3.94. The average molecular weight is 300 g/mol. The van der Waals surface area contributed by atoms with Crippen LogP contribution in [-0.4, -0.2) is 5.91 Å². The fourth-order valence-electron chi connectivity index (χ4n) is 1.56. The van der Waals surface area contributed by atoms with E-state index in [1.54, 1.807) is 29.5 Å². The lowest BCUT2D eigenvalue weighted by molar-refractivity contribution is 0.102. The molecule has 0 spiro atoms. The summed E-state index contributed by atoms with van der Waals surface area (Å²) in [5.41, 5.74) is 2.29. The molecule has 0 saturated heterocycles. The minimum Gasteiger partial charge on any atom is -0.322 e. The van der Waals surface area contributed by atoms with Crippen LogP contribution in [0.4, 0.5) is 5.69 Å². The molecule has 94 valence electrons. The Morgan fingerprint density at radius 2 is 1.78 bits per heavy atom. The molecule has 0 aliphatic carbocycles. The highest BCUT2D eigenvalue weighted by molar-refractivity contribution is 7.10. The van der Waals surface area contributed by atoms with Gasteiger partial charge in [0.2, 0.25) is 0 Å². The Balaban J connectivity index is 2.24. The van der Waals surface area contributed by atoms with Crippen LogP contribution in [0.2, 0.25) is 10.0 Å². The van der Waals surface area contributed by atoms with Crippen molar-refractivity contribution in [3.05, 3.63) is 49.6 Å². The zero-order valence-electron chi connectivity index (χ0n) is 9.88. The first-order valence-electron chi connectivity index (χ1n) is 5.29. The first kappa shape index (κ1) is 13.4. The maximum Gasteiger partial charge on any atom is 0.256 e. The molecule has 0 bridgehead atoms. The number of nitrogens with one attached hydrogen (secondary N) is 1. The summed E-state index contributed by atoms with van der Waals surface area (Å²) in [6, 6.07) is 4.96. The fraction of sp³-hybridized carbons (Fsp3) is 0.154. The summed E-state index contributed by atoms with van der Waals surface area (Å²) in [4.78, 5) is 13.2. The van der Waals surface area contributed by atoms with E-state index < -0.39 is 0 Å². The highest BCUT2D eigenvalue weighted by atomic mass is 35.5. The largest absolute Gasteiger partial charge is 0.322 e. The lowest BCUT2D eigenvalue weighted by atomic mass is 10.1. The number of amides is 1. The van der Waals surface area contributed by atoms with E-state index in [-0.39, 0.29) is 5.91 Å². The van der Waals surface area contributed by atoms with E-state index in [0.717, 1.165) is 10.4 Å². The van der Waals surface area contributed by atoms with Crippen LogP contribution in [0.3, 0.4) is 0 Å². The molecule has 1 N–H and O–H groups in total. The minimum atomic E-state index is -0.143. The standard InChI is InChI=1S/C13H11Cl2NOS/c1-7-8(2)18-6-12(7)13(17)16-11-4-9(14)3-10(15)5-11/h3-6H,1-2H3,(H,16,17). The molecule has 2 rings (SSSR count). The van der Waals surface area contributed by atoms with Crippen molar-refractivity contribution in [1.29, 1.82) is 0 Å². The van der Waals surface area contributed by atoms with Crippen LogP contribution in [0.15, 0.2) is 23.6 Å². The van der Waals surface area contributed by atoms with Crippen molar-refractivity contribution in [3.8, 4) is 0 Å². The minimum absolute atomic E-state index is 0.143. The van der Waals surface area contributed by atoms with Crippen molar-refractivity contribution >= 4 is 46.1 Å². The number of halogens is 2. The van der Waals surface area contributed by atoms with Gasteiger partial charge in [0.15, 0.2) is 0 Å². The fourth-order valence-corrected chi connectivity index (χ4v) is 2.95. The van der Waals surface area contributed by atoms with E-state index >= 15 is 0 Å². The number of carbonyl (C=O) groups excluding carboxylic acids is 1. The monoisotopic (exact) mass is 299 g/mol. The number of benzene rings is 1. The molecule has 2 aromatic rings. The van der Waals surface area contributed by atoms with Crippen LogP contribution in [0.1, 0.15) is 20.8 Å². The van der Waals surface area contributed by atoms with Crippen LogP contribution in [0.5, 0.6) is 0 Å². The SMILES string of the molecule is Cc1scc(C(=O)Nc2cc(Cl)cc(Cl)c2)c1C. The number of aryl methyl sites for hydroxylation is 1. The molecule has 0 radical (unpaired) electrons. The van der Waals surface area contributed by atoms with E-state index in [9.17, 15) is 4.79 Å². The quantitative estimate of drug-likeness (QED) is 0.837. The van der Waals surface area contributed by atoms with Gasteiger partial charge in [-0.05, 0) is 37.6 Å². The van der Waals surface area contributed by atoms with Crippen LogP contribution >= 0.6 is 34.5 Å². The van der Waals surface area contributed by atoms with Crippen molar-refractivity contribution in [2.75, 3.05) is 5.32 Å². The van der Waals surface area contributed by atoms with E-state index in [2.05, 4.69) is 5.32 Å². The van der Waals surface area contributed by atoms with Gasteiger partial charge in [-0.15, -0.1) is 11.3 Å². The van der Waals surface area contributed by atoms with Gasteiger partial charge in [-0.1, -0.05) is 23.2 Å². The first-order valence-corrected chi connectivity index (χ1v) is 6.93. The van der Waals surface area contributed by atoms with Crippen molar-refractivity contribution in [3.63, 3.8) is 0 Å². The Morgan fingerprint density at radius 3 is 2.28 bits per heavy atom. The second kappa shape index (κ2) is 5.31. The maximum atomic E-state index is 12.1. The Labute approximate surface area is 120 Å². The van der Waals surface area contributed by atoms with Crippen molar-refractivity contribution in [2.45, 2.75) is 13.8 Å². The summed E-state index contributed by atoms with van der Waals surface area (Å²) in [7, 11) is 0. The van der Waals surface area contributed by atoms with Gasteiger partial charge in [0.1, 0.15) is 0 Å².